The highest BCUT2D eigenvalue weighted by molar-refractivity contribution is 9.10. The highest BCUT2D eigenvalue weighted by Gasteiger charge is 2.56. The van der Waals surface area contributed by atoms with Crippen LogP contribution in [0.25, 0.3) is 0 Å². The van der Waals surface area contributed by atoms with Crippen molar-refractivity contribution in [1.29, 1.82) is 0 Å². The number of ether oxygens (including phenoxy) is 1. The summed E-state index contributed by atoms with van der Waals surface area (Å²) in [5.41, 5.74) is 1.83. The number of ketones is 1. The molecule has 1 heterocycles. The van der Waals surface area contributed by atoms with Gasteiger partial charge in [-0.15, -0.1) is 0 Å². The summed E-state index contributed by atoms with van der Waals surface area (Å²) < 4.78 is 7.02. The Labute approximate surface area is 197 Å². The van der Waals surface area contributed by atoms with E-state index < -0.39 is 0 Å². The summed E-state index contributed by atoms with van der Waals surface area (Å²) in [6.45, 7) is 7.03. The molecule has 3 saturated carbocycles. The Morgan fingerprint density at radius 1 is 1.31 bits per heavy atom. The summed E-state index contributed by atoms with van der Waals surface area (Å²) in [6.07, 6.45) is 4.98. The molecule has 4 atom stereocenters. The SMILES string of the molecule is COc1ccccc1CCC(=O)Cn1ncc(N[C@@H]2C[C@@H]3C[C@H]([C@H]2C)C3(C)C)c(Br)c1=O. The van der Waals surface area contributed by atoms with Crippen molar-refractivity contribution in [2.75, 3.05) is 12.4 Å². The van der Waals surface area contributed by atoms with Crippen LogP contribution in [0.15, 0.2) is 39.7 Å². The summed E-state index contributed by atoms with van der Waals surface area (Å²) >= 11 is 3.45. The van der Waals surface area contributed by atoms with Crippen molar-refractivity contribution in [1.82, 2.24) is 9.78 Å². The highest BCUT2D eigenvalue weighted by Crippen LogP contribution is 2.61. The van der Waals surface area contributed by atoms with Crippen LogP contribution in [0.3, 0.4) is 0 Å². The van der Waals surface area contributed by atoms with Crippen LogP contribution in [0.1, 0.15) is 45.6 Å². The van der Waals surface area contributed by atoms with Crippen molar-refractivity contribution in [3.63, 3.8) is 0 Å². The lowest BCUT2D eigenvalue weighted by Gasteiger charge is -2.62. The van der Waals surface area contributed by atoms with Gasteiger partial charge in [-0.1, -0.05) is 39.0 Å². The first-order valence-corrected chi connectivity index (χ1v) is 12.2. The molecule has 0 unspecified atom stereocenters. The molecule has 1 aromatic heterocycles. The molecule has 3 aliphatic rings. The smallest absolute Gasteiger partial charge is 0.283 e. The molecule has 172 valence electrons. The maximum atomic E-state index is 12.8. The van der Waals surface area contributed by atoms with E-state index in [9.17, 15) is 9.59 Å². The molecule has 0 radical (unpaired) electrons. The normalized spacial score (nSPS) is 25.7. The van der Waals surface area contributed by atoms with E-state index >= 15 is 0 Å². The molecule has 5 rings (SSSR count). The van der Waals surface area contributed by atoms with Crippen LogP contribution in [-0.2, 0) is 17.8 Å². The number of benzene rings is 1. The molecule has 0 amide bonds. The lowest BCUT2D eigenvalue weighted by atomic mass is 9.45. The van der Waals surface area contributed by atoms with E-state index in [0.717, 1.165) is 23.7 Å². The van der Waals surface area contributed by atoms with Gasteiger partial charge < -0.3 is 10.1 Å². The number of aromatic nitrogens is 2. The van der Waals surface area contributed by atoms with Gasteiger partial charge >= 0.3 is 0 Å². The maximum Gasteiger partial charge on any atom is 0.283 e. The first-order valence-electron chi connectivity index (χ1n) is 11.4. The Bertz CT molecular complexity index is 1060. The topological polar surface area (TPSA) is 73.2 Å². The molecule has 1 N–H and O–H groups in total. The van der Waals surface area contributed by atoms with Gasteiger partial charge in [0.25, 0.3) is 5.56 Å². The number of nitrogens with zero attached hydrogens (tertiary/aromatic N) is 2. The van der Waals surface area contributed by atoms with Gasteiger partial charge in [0.2, 0.25) is 0 Å². The Balaban J connectivity index is 1.39. The fourth-order valence-electron chi connectivity index (χ4n) is 5.65. The Morgan fingerprint density at radius 3 is 2.75 bits per heavy atom. The van der Waals surface area contributed by atoms with Crippen molar-refractivity contribution < 1.29 is 9.53 Å². The summed E-state index contributed by atoms with van der Waals surface area (Å²) in [6, 6.07) is 7.99. The Kier molecular flexibility index (Phi) is 6.48. The second-order valence-corrected chi connectivity index (χ2v) is 10.7. The van der Waals surface area contributed by atoms with Crippen LogP contribution >= 0.6 is 15.9 Å². The van der Waals surface area contributed by atoms with E-state index in [1.807, 2.05) is 24.3 Å². The molecule has 1 aromatic carbocycles. The first kappa shape index (κ1) is 23.0. The molecule has 6 nitrogen and oxygen atoms in total. The monoisotopic (exact) mass is 501 g/mol. The largest absolute Gasteiger partial charge is 0.496 e. The van der Waals surface area contributed by atoms with Crippen LogP contribution in [0, 0.1) is 23.2 Å². The summed E-state index contributed by atoms with van der Waals surface area (Å²) in [5, 5.41) is 7.84. The maximum absolute atomic E-state index is 12.8. The third-order valence-electron chi connectivity index (χ3n) is 7.87. The van der Waals surface area contributed by atoms with Crippen molar-refractivity contribution in [3.8, 4) is 5.75 Å². The molecule has 2 aromatic rings. The molecule has 0 aliphatic heterocycles. The average Bonchev–Trinajstić information content (AvgIpc) is 2.78. The summed E-state index contributed by atoms with van der Waals surface area (Å²) in [7, 11) is 1.62. The predicted octanol–water partition coefficient (Wildman–Crippen LogP) is 4.70. The van der Waals surface area contributed by atoms with Crippen molar-refractivity contribution in [3.05, 3.63) is 50.9 Å². The van der Waals surface area contributed by atoms with Gasteiger partial charge in [-0.2, -0.15) is 5.10 Å². The number of hydrogen-bond donors (Lipinski definition) is 1. The van der Waals surface area contributed by atoms with Crippen LogP contribution in [0.4, 0.5) is 5.69 Å². The van der Waals surface area contributed by atoms with E-state index in [4.69, 9.17) is 4.74 Å². The number of carbonyl (C=O) groups excluding carboxylic acids is 1. The van der Waals surface area contributed by atoms with Gasteiger partial charge in [-0.3, -0.25) is 9.59 Å². The molecule has 2 bridgehead atoms. The standard InChI is InChI=1S/C25H32BrN3O3/c1-15-19-11-17(25(19,2)3)12-20(15)28-21-13-27-29(24(31)23(21)26)14-18(30)10-9-16-7-5-6-8-22(16)32-4/h5-8,13,15,17,19-20,28H,9-12,14H2,1-4H3/t15-,17+,19-,20-/m1/s1. The zero-order chi connectivity index (χ0) is 23.0. The second kappa shape index (κ2) is 9.00. The Morgan fingerprint density at radius 2 is 2.06 bits per heavy atom. The summed E-state index contributed by atoms with van der Waals surface area (Å²) in [5.74, 6) is 2.72. The van der Waals surface area contributed by atoms with Crippen molar-refractivity contribution >= 4 is 27.4 Å². The number of para-hydroxylation sites is 1. The number of nitrogens with one attached hydrogen (secondary N) is 1. The molecule has 32 heavy (non-hydrogen) atoms. The van der Waals surface area contributed by atoms with Crippen LogP contribution in [0.2, 0.25) is 0 Å². The number of anilines is 1. The average molecular weight is 502 g/mol. The molecule has 3 aliphatic carbocycles. The number of methoxy groups -OCH3 is 1. The number of rotatable bonds is 8. The molecule has 7 heteroatoms. The van der Waals surface area contributed by atoms with E-state index in [-0.39, 0.29) is 17.9 Å². The number of halogens is 1. The number of fused-ring (bicyclic) bond motifs is 2. The number of aryl methyl sites for hydroxylation is 1. The van der Waals surface area contributed by atoms with Crippen molar-refractivity contribution in [2.24, 2.45) is 23.2 Å². The minimum atomic E-state index is -0.283. The van der Waals surface area contributed by atoms with Gasteiger partial charge in [0.1, 0.15) is 16.8 Å². The Hall–Kier alpha value is -2.15. The van der Waals surface area contributed by atoms with Gasteiger partial charge in [0.15, 0.2) is 5.78 Å². The first-order chi connectivity index (χ1) is 15.2. The molecule has 3 fully saturated rings. The number of carbonyl (C=O) groups is 1. The molecular formula is C25H32BrN3O3. The third kappa shape index (κ3) is 4.24. The van der Waals surface area contributed by atoms with Gasteiger partial charge in [0, 0.05) is 12.5 Å². The zero-order valence-electron chi connectivity index (χ0n) is 19.2. The molecular weight excluding hydrogens is 470 g/mol. The van der Waals surface area contributed by atoms with E-state index in [2.05, 4.69) is 47.1 Å². The van der Waals surface area contributed by atoms with E-state index in [1.54, 1.807) is 13.3 Å². The van der Waals surface area contributed by atoms with Gasteiger partial charge in [-0.25, -0.2) is 4.68 Å². The number of Topliss-reactive ketones (excluding diaryl/α,β-unsaturated/α-hetero) is 1. The minimum Gasteiger partial charge on any atom is -0.496 e. The summed E-state index contributed by atoms with van der Waals surface area (Å²) in [4.78, 5) is 25.4. The fourth-order valence-corrected chi connectivity index (χ4v) is 6.07. The lowest BCUT2D eigenvalue weighted by molar-refractivity contribution is -0.119. The highest BCUT2D eigenvalue weighted by atomic mass is 79.9. The third-order valence-corrected chi connectivity index (χ3v) is 8.64. The lowest BCUT2D eigenvalue weighted by Crippen LogP contribution is -2.58. The molecule has 0 saturated heterocycles. The van der Waals surface area contributed by atoms with E-state index in [1.165, 1.54) is 11.1 Å². The van der Waals surface area contributed by atoms with Crippen molar-refractivity contribution in [2.45, 2.75) is 59.0 Å². The van der Waals surface area contributed by atoms with Crippen LogP contribution < -0.4 is 15.6 Å². The minimum absolute atomic E-state index is 0.0367. The number of hydrogen-bond acceptors (Lipinski definition) is 5. The predicted molar refractivity (Wildman–Crippen MR) is 129 cm³/mol. The quantitative estimate of drug-likeness (QED) is 0.567. The van der Waals surface area contributed by atoms with Gasteiger partial charge in [-0.05, 0) is 70.0 Å². The fraction of sp³-hybridized carbons (Fsp3) is 0.560. The second-order valence-electron chi connectivity index (χ2n) is 9.89. The zero-order valence-corrected chi connectivity index (χ0v) is 20.8. The van der Waals surface area contributed by atoms with E-state index in [0.29, 0.717) is 46.3 Å². The van der Waals surface area contributed by atoms with Crippen LogP contribution in [-0.4, -0.2) is 28.7 Å². The molecule has 0 spiro atoms. The van der Waals surface area contributed by atoms with Gasteiger partial charge in [0.05, 0.1) is 19.0 Å². The van der Waals surface area contributed by atoms with Crippen LogP contribution in [0.5, 0.6) is 5.75 Å².